The summed E-state index contributed by atoms with van der Waals surface area (Å²) >= 11 is 1.20. The van der Waals surface area contributed by atoms with E-state index < -0.39 is 12.2 Å². The summed E-state index contributed by atoms with van der Waals surface area (Å²) < 4.78 is 10.0. The van der Waals surface area contributed by atoms with Crippen LogP contribution >= 0.6 is 11.8 Å². The number of rotatable bonds is 9. The van der Waals surface area contributed by atoms with Gasteiger partial charge in [0, 0.05) is 38.2 Å². The highest BCUT2D eigenvalue weighted by atomic mass is 32.2. The Bertz CT molecular complexity index is 624. The lowest BCUT2D eigenvalue weighted by Gasteiger charge is -2.23. The van der Waals surface area contributed by atoms with Gasteiger partial charge in [0.15, 0.2) is 5.12 Å². The predicted octanol–water partition coefficient (Wildman–Crippen LogP) is 1.80. The van der Waals surface area contributed by atoms with Crippen LogP contribution in [0.4, 0.5) is 9.59 Å². The van der Waals surface area contributed by atoms with Crippen molar-refractivity contribution in [1.29, 1.82) is 0 Å². The summed E-state index contributed by atoms with van der Waals surface area (Å²) in [5, 5.41) is 5.03. The molecule has 0 radical (unpaired) electrons. The maximum atomic E-state index is 12.2. The number of hydrogen-bond donors (Lipinski definition) is 2. The SMILES string of the molecule is C=CCOC(=O)N1C[C@@H](SC(C)=O)C[C@@H]1CCNC(=O)OC(=C)CNC(C)=O. The van der Waals surface area contributed by atoms with Crippen LogP contribution in [0.25, 0.3) is 0 Å². The van der Waals surface area contributed by atoms with E-state index in [9.17, 15) is 19.2 Å². The first-order chi connectivity index (χ1) is 13.2. The van der Waals surface area contributed by atoms with Crippen molar-refractivity contribution >= 4 is 35.0 Å². The van der Waals surface area contributed by atoms with Crippen LogP contribution in [0.3, 0.4) is 0 Å². The average Bonchev–Trinajstić information content (AvgIpc) is 2.99. The number of hydrogen-bond acceptors (Lipinski definition) is 7. The number of likely N-dealkylation sites (tertiary alicyclic amines) is 1. The van der Waals surface area contributed by atoms with Crippen LogP contribution in [0.2, 0.25) is 0 Å². The Morgan fingerprint density at radius 2 is 1.96 bits per heavy atom. The molecule has 9 nitrogen and oxygen atoms in total. The Morgan fingerprint density at radius 1 is 1.25 bits per heavy atom. The van der Waals surface area contributed by atoms with Gasteiger partial charge >= 0.3 is 12.2 Å². The van der Waals surface area contributed by atoms with Gasteiger partial charge in [0.05, 0.1) is 6.54 Å². The smallest absolute Gasteiger partial charge is 0.412 e. The van der Waals surface area contributed by atoms with Gasteiger partial charge in [-0.3, -0.25) is 9.59 Å². The van der Waals surface area contributed by atoms with Gasteiger partial charge in [0.25, 0.3) is 0 Å². The van der Waals surface area contributed by atoms with Crippen LogP contribution in [-0.2, 0) is 19.1 Å². The van der Waals surface area contributed by atoms with Crippen LogP contribution < -0.4 is 10.6 Å². The molecule has 10 heteroatoms. The van der Waals surface area contributed by atoms with E-state index in [1.54, 1.807) is 4.90 Å². The Kier molecular flexibility index (Phi) is 10.1. The molecule has 28 heavy (non-hydrogen) atoms. The Morgan fingerprint density at radius 3 is 2.57 bits per heavy atom. The van der Waals surface area contributed by atoms with Crippen LogP contribution in [-0.4, -0.2) is 65.6 Å². The minimum Gasteiger partial charge on any atom is -0.445 e. The molecule has 1 aliphatic heterocycles. The summed E-state index contributed by atoms with van der Waals surface area (Å²) in [7, 11) is 0. The highest BCUT2D eigenvalue weighted by Crippen LogP contribution is 2.30. The van der Waals surface area contributed by atoms with Crippen molar-refractivity contribution in [2.75, 3.05) is 26.2 Å². The van der Waals surface area contributed by atoms with Crippen molar-refractivity contribution in [3.63, 3.8) is 0 Å². The van der Waals surface area contributed by atoms with Crippen molar-refractivity contribution in [2.24, 2.45) is 0 Å². The number of carbonyl (C=O) groups excluding carboxylic acids is 4. The second kappa shape index (κ2) is 12.1. The Balaban J connectivity index is 2.48. The third kappa shape index (κ3) is 8.94. The molecule has 2 N–H and O–H groups in total. The molecule has 3 amide bonds. The summed E-state index contributed by atoms with van der Waals surface area (Å²) in [5.74, 6) is -0.145. The molecule has 0 aliphatic carbocycles. The van der Waals surface area contributed by atoms with Crippen LogP contribution in [0.5, 0.6) is 0 Å². The number of ether oxygens (including phenoxy) is 2. The monoisotopic (exact) mass is 413 g/mol. The largest absolute Gasteiger partial charge is 0.445 e. The topological polar surface area (TPSA) is 114 Å². The highest BCUT2D eigenvalue weighted by molar-refractivity contribution is 8.14. The van der Waals surface area contributed by atoms with Gasteiger partial charge in [-0.25, -0.2) is 9.59 Å². The standard InChI is InChI=1S/C18H27N3O6S/c1-5-8-26-18(25)21-11-16(28-14(4)23)9-15(21)6-7-19-17(24)27-12(2)10-20-13(3)22/h5,15-16H,1-2,6-11H2,3-4H3,(H,19,24)(H,20,22)/t15-,16-/m0/s1. The summed E-state index contributed by atoms with van der Waals surface area (Å²) in [6.07, 6.45) is 1.42. The van der Waals surface area contributed by atoms with Gasteiger partial charge in [0.1, 0.15) is 12.4 Å². The third-order valence-electron chi connectivity index (χ3n) is 3.79. The maximum Gasteiger partial charge on any atom is 0.412 e. The van der Waals surface area contributed by atoms with Crippen molar-refractivity contribution in [3.05, 3.63) is 25.0 Å². The first kappa shape index (κ1) is 23.5. The molecule has 156 valence electrons. The van der Waals surface area contributed by atoms with Crippen molar-refractivity contribution < 1.29 is 28.7 Å². The van der Waals surface area contributed by atoms with Gasteiger partial charge in [-0.15, -0.1) is 0 Å². The lowest BCUT2D eigenvalue weighted by molar-refractivity contribution is -0.119. The molecule has 0 aromatic carbocycles. The Hall–Kier alpha value is -2.49. The number of alkyl carbamates (subject to hydrolysis) is 1. The summed E-state index contributed by atoms with van der Waals surface area (Å²) in [5.41, 5.74) is 0. The molecular formula is C18H27N3O6S. The predicted molar refractivity (Wildman–Crippen MR) is 106 cm³/mol. The van der Waals surface area contributed by atoms with E-state index >= 15 is 0 Å². The molecule has 1 rings (SSSR count). The van der Waals surface area contributed by atoms with Gasteiger partial charge in [-0.2, -0.15) is 0 Å². The van der Waals surface area contributed by atoms with Crippen molar-refractivity contribution in [2.45, 2.75) is 38.0 Å². The zero-order valence-corrected chi connectivity index (χ0v) is 17.0. The fourth-order valence-corrected chi connectivity index (χ4v) is 3.69. The average molecular weight is 413 g/mol. The first-order valence-corrected chi connectivity index (χ1v) is 9.70. The van der Waals surface area contributed by atoms with Crippen molar-refractivity contribution in [3.8, 4) is 0 Å². The summed E-state index contributed by atoms with van der Waals surface area (Å²) in [6, 6.07) is -0.169. The van der Waals surface area contributed by atoms with Gasteiger partial charge < -0.3 is 25.0 Å². The molecule has 1 fully saturated rings. The second-order valence-electron chi connectivity index (χ2n) is 6.19. The van der Waals surface area contributed by atoms with Crippen molar-refractivity contribution in [1.82, 2.24) is 15.5 Å². The quantitative estimate of drug-likeness (QED) is 0.437. The van der Waals surface area contributed by atoms with Crippen LogP contribution in [0.1, 0.15) is 26.7 Å². The Labute approximate surface area is 168 Å². The van der Waals surface area contributed by atoms with E-state index in [0.29, 0.717) is 19.4 Å². The van der Waals surface area contributed by atoms with E-state index in [2.05, 4.69) is 23.8 Å². The maximum absolute atomic E-state index is 12.2. The van der Waals surface area contributed by atoms with Gasteiger partial charge in [-0.05, 0) is 12.8 Å². The molecule has 0 unspecified atom stereocenters. The fraction of sp³-hybridized carbons (Fsp3) is 0.556. The first-order valence-electron chi connectivity index (χ1n) is 8.82. The molecule has 2 atom stereocenters. The van der Waals surface area contributed by atoms with E-state index in [4.69, 9.17) is 9.47 Å². The minimum absolute atomic E-state index is 0.00977. The van der Waals surface area contributed by atoms with Gasteiger partial charge in [-0.1, -0.05) is 31.0 Å². The van der Waals surface area contributed by atoms with Crippen LogP contribution in [0.15, 0.2) is 25.0 Å². The highest BCUT2D eigenvalue weighted by Gasteiger charge is 2.36. The summed E-state index contributed by atoms with van der Waals surface area (Å²) in [6.45, 7) is 10.7. The molecule has 1 aliphatic rings. The molecule has 0 aromatic heterocycles. The normalized spacial score (nSPS) is 18.1. The zero-order valence-electron chi connectivity index (χ0n) is 16.2. The second-order valence-corrected chi connectivity index (χ2v) is 7.67. The molecule has 1 heterocycles. The molecule has 1 saturated heterocycles. The van der Waals surface area contributed by atoms with E-state index in [1.165, 1.54) is 31.7 Å². The van der Waals surface area contributed by atoms with Crippen LogP contribution in [0, 0.1) is 0 Å². The molecule has 0 saturated carbocycles. The van der Waals surface area contributed by atoms with E-state index in [1.807, 2.05) is 0 Å². The fourth-order valence-electron chi connectivity index (χ4n) is 2.67. The number of nitrogens with one attached hydrogen (secondary N) is 2. The summed E-state index contributed by atoms with van der Waals surface area (Å²) in [4.78, 5) is 47.7. The number of nitrogens with zero attached hydrogens (tertiary/aromatic N) is 1. The zero-order chi connectivity index (χ0) is 21.1. The molecule has 0 aromatic rings. The van der Waals surface area contributed by atoms with E-state index in [0.717, 1.165) is 0 Å². The lowest BCUT2D eigenvalue weighted by Crippen LogP contribution is -2.38. The van der Waals surface area contributed by atoms with Gasteiger partial charge in [0.2, 0.25) is 5.91 Å². The van der Waals surface area contributed by atoms with E-state index in [-0.39, 0.29) is 47.8 Å². The number of carbonyl (C=O) groups is 4. The lowest BCUT2D eigenvalue weighted by atomic mass is 10.1. The molecular weight excluding hydrogens is 386 g/mol. The molecule has 0 spiro atoms. The molecule has 0 bridgehead atoms. The minimum atomic E-state index is -0.691. The third-order valence-corrected chi connectivity index (χ3v) is 4.79. The number of thioether (sulfide) groups is 1. The number of amides is 3.